The van der Waals surface area contributed by atoms with Gasteiger partial charge in [-0.2, -0.15) is 0 Å². The van der Waals surface area contributed by atoms with Gasteiger partial charge >= 0.3 is 6.03 Å². The third-order valence-electron chi connectivity index (χ3n) is 3.83. The van der Waals surface area contributed by atoms with Gasteiger partial charge in [-0.25, -0.2) is 24.7 Å². The van der Waals surface area contributed by atoms with Crippen LogP contribution >= 0.6 is 11.3 Å². The molecule has 3 aromatic rings. The number of aromatic nitrogens is 4. The molecule has 140 valence electrons. The predicted molar refractivity (Wildman–Crippen MR) is 107 cm³/mol. The summed E-state index contributed by atoms with van der Waals surface area (Å²) in [5.41, 5.74) is 0.911. The summed E-state index contributed by atoms with van der Waals surface area (Å²) < 4.78 is 0. The molecule has 3 heterocycles. The van der Waals surface area contributed by atoms with Crippen molar-refractivity contribution in [3.63, 3.8) is 0 Å². The van der Waals surface area contributed by atoms with Crippen LogP contribution in [0.5, 0.6) is 0 Å². The molecule has 3 rings (SSSR count). The average molecular weight is 383 g/mol. The Labute approximate surface area is 161 Å². The van der Waals surface area contributed by atoms with Crippen molar-refractivity contribution in [2.45, 2.75) is 20.4 Å². The normalized spacial score (nSPS) is 10.8. The number of carbonyl (C=O) groups excluding carboxylic acids is 1. The molecule has 0 aliphatic rings. The quantitative estimate of drug-likeness (QED) is 0.648. The van der Waals surface area contributed by atoms with Crippen LogP contribution in [-0.4, -0.2) is 44.0 Å². The van der Waals surface area contributed by atoms with E-state index < -0.39 is 6.03 Å². The smallest absolute Gasteiger partial charge is 0.298 e. The van der Waals surface area contributed by atoms with E-state index in [1.165, 1.54) is 11.3 Å². The third kappa shape index (κ3) is 5.28. The van der Waals surface area contributed by atoms with Crippen LogP contribution < -0.4 is 10.6 Å². The third-order valence-corrected chi connectivity index (χ3v) is 4.67. The van der Waals surface area contributed by atoms with Crippen molar-refractivity contribution in [1.29, 1.82) is 0 Å². The lowest BCUT2D eigenvalue weighted by Gasteiger charge is -2.17. The van der Waals surface area contributed by atoms with Gasteiger partial charge < -0.3 is 0 Å². The highest BCUT2D eigenvalue weighted by Crippen LogP contribution is 2.22. The molecular weight excluding hydrogens is 362 g/mol. The summed E-state index contributed by atoms with van der Waals surface area (Å²) in [5.74, 6) is 1.47. The second-order valence-electron chi connectivity index (χ2n) is 5.66. The average Bonchev–Trinajstić information content (AvgIpc) is 3.15. The standard InChI is InChI=1S/C18H21N7OS/c1-3-25(4-2)11-13-7-5-8-14(21-13)23-18(26)24-15-12-27-17(22-15)16-19-9-6-10-20-16/h5-10,12H,3-4,11H2,1-2H3,(H2,21,23,24,26). The molecule has 8 nitrogen and oxygen atoms in total. The van der Waals surface area contributed by atoms with Crippen molar-refractivity contribution in [3.05, 3.63) is 47.7 Å². The van der Waals surface area contributed by atoms with Gasteiger partial charge in [0.15, 0.2) is 10.8 Å². The number of hydrogen-bond donors (Lipinski definition) is 2. The van der Waals surface area contributed by atoms with E-state index in [9.17, 15) is 4.79 Å². The van der Waals surface area contributed by atoms with Crippen molar-refractivity contribution < 1.29 is 4.79 Å². The summed E-state index contributed by atoms with van der Waals surface area (Å²) in [5, 5.41) is 7.84. The zero-order chi connectivity index (χ0) is 19.1. The van der Waals surface area contributed by atoms with Crippen LogP contribution in [0.2, 0.25) is 0 Å². The topological polar surface area (TPSA) is 95.9 Å². The Bertz CT molecular complexity index is 880. The zero-order valence-electron chi connectivity index (χ0n) is 15.2. The van der Waals surface area contributed by atoms with Gasteiger partial charge in [0.1, 0.15) is 11.6 Å². The highest BCUT2D eigenvalue weighted by atomic mass is 32.1. The maximum absolute atomic E-state index is 12.2. The molecule has 0 aromatic carbocycles. The van der Waals surface area contributed by atoms with E-state index in [2.05, 4.69) is 49.3 Å². The Morgan fingerprint density at radius 2 is 1.78 bits per heavy atom. The SMILES string of the molecule is CCN(CC)Cc1cccc(NC(=O)Nc2csc(-c3ncccn3)n2)n1. The van der Waals surface area contributed by atoms with Crippen LogP contribution in [-0.2, 0) is 6.54 Å². The van der Waals surface area contributed by atoms with Gasteiger partial charge in [-0.15, -0.1) is 11.3 Å². The Kier molecular flexibility index (Phi) is 6.39. The maximum Gasteiger partial charge on any atom is 0.326 e. The van der Waals surface area contributed by atoms with E-state index in [1.807, 2.05) is 12.1 Å². The molecular formula is C18H21N7OS. The molecule has 2 amide bonds. The summed E-state index contributed by atoms with van der Waals surface area (Å²) in [6, 6.07) is 6.94. The van der Waals surface area contributed by atoms with Crippen molar-refractivity contribution in [3.8, 4) is 10.8 Å². The van der Waals surface area contributed by atoms with Gasteiger partial charge in [0, 0.05) is 24.3 Å². The molecule has 0 saturated heterocycles. The molecule has 2 N–H and O–H groups in total. The summed E-state index contributed by atoms with van der Waals surface area (Å²) in [7, 11) is 0. The van der Waals surface area contributed by atoms with Crippen molar-refractivity contribution in [1.82, 2.24) is 24.8 Å². The number of anilines is 2. The highest BCUT2D eigenvalue weighted by molar-refractivity contribution is 7.13. The number of pyridine rings is 1. The number of rotatable bonds is 7. The molecule has 27 heavy (non-hydrogen) atoms. The second kappa shape index (κ2) is 9.15. The minimum absolute atomic E-state index is 0.395. The van der Waals surface area contributed by atoms with Crippen LogP contribution in [0.25, 0.3) is 10.8 Å². The highest BCUT2D eigenvalue weighted by Gasteiger charge is 2.10. The Morgan fingerprint density at radius 1 is 1.04 bits per heavy atom. The van der Waals surface area contributed by atoms with E-state index in [4.69, 9.17) is 0 Å². The summed E-state index contributed by atoms with van der Waals surface area (Å²) in [6.45, 7) is 6.88. The van der Waals surface area contributed by atoms with Crippen molar-refractivity contribution >= 4 is 29.0 Å². The van der Waals surface area contributed by atoms with Gasteiger partial charge in [-0.3, -0.25) is 15.5 Å². The largest absolute Gasteiger partial charge is 0.326 e. The first kappa shape index (κ1) is 18.9. The molecule has 0 radical (unpaired) electrons. The molecule has 0 aliphatic carbocycles. The molecule has 9 heteroatoms. The van der Waals surface area contributed by atoms with Crippen molar-refractivity contribution in [2.24, 2.45) is 0 Å². The minimum atomic E-state index is -0.395. The van der Waals surface area contributed by atoms with E-state index >= 15 is 0 Å². The second-order valence-corrected chi connectivity index (χ2v) is 6.52. The molecule has 0 atom stereocenters. The fraction of sp³-hybridized carbons (Fsp3) is 0.278. The fourth-order valence-electron chi connectivity index (χ4n) is 2.42. The van der Waals surface area contributed by atoms with Gasteiger partial charge in [0.25, 0.3) is 0 Å². The molecule has 0 fully saturated rings. The maximum atomic E-state index is 12.2. The lowest BCUT2D eigenvalue weighted by molar-refractivity contribution is 0.262. The number of hydrogen-bond acceptors (Lipinski definition) is 7. The van der Waals surface area contributed by atoms with E-state index in [-0.39, 0.29) is 0 Å². The Hall–Kier alpha value is -2.91. The van der Waals surface area contributed by atoms with Crippen LogP contribution in [0.1, 0.15) is 19.5 Å². The van der Waals surface area contributed by atoms with E-state index in [0.29, 0.717) is 22.5 Å². The number of nitrogens with one attached hydrogen (secondary N) is 2. The minimum Gasteiger partial charge on any atom is -0.298 e. The molecule has 0 saturated carbocycles. The number of carbonyl (C=O) groups is 1. The summed E-state index contributed by atoms with van der Waals surface area (Å²) in [6.07, 6.45) is 3.31. The summed E-state index contributed by atoms with van der Waals surface area (Å²) in [4.78, 5) is 31.6. The molecule has 0 bridgehead atoms. The summed E-state index contributed by atoms with van der Waals surface area (Å²) >= 11 is 1.37. The molecule has 0 unspecified atom stereocenters. The first-order valence-electron chi connectivity index (χ1n) is 8.67. The molecule has 0 aliphatic heterocycles. The van der Waals surface area contributed by atoms with Crippen LogP contribution in [0.3, 0.4) is 0 Å². The first-order chi connectivity index (χ1) is 13.2. The van der Waals surface area contributed by atoms with E-state index in [1.54, 1.807) is 29.9 Å². The number of amides is 2. The van der Waals surface area contributed by atoms with Gasteiger partial charge in [0.2, 0.25) is 0 Å². The van der Waals surface area contributed by atoms with Gasteiger partial charge in [0.05, 0.1) is 5.69 Å². The van der Waals surface area contributed by atoms with Crippen LogP contribution in [0.15, 0.2) is 42.0 Å². The Balaban J connectivity index is 1.60. The first-order valence-corrected chi connectivity index (χ1v) is 9.55. The van der Waals surface area contributed by atoms with E-state index in [0.717, 1.165) is 25.3 Å². The number of nitrogens with zero attached hydrogens (tertiary/aromatic N) is 5. The molecule has 0 spiro atoms. The Morgan fingerprint density at radius 3 is 2.52 bits per heavy atom. The van der Waals surface area contributed by atoms with Crippen LogP contribution in [0, 0.1) is 0 Å². The monoisotopic (exact) mass is 383 g/mol. The van der Waals surface area contributed by atoms with Gasteiger partial charge in [-0.1, -0.05) is 19.9 Å². The van der Waals surface area contributed by atoms with Crippen molar-refractivity contribution in [2.75, 3.05) is 23.7 Å². The molecule has 3 aromatic heterocycles. The predicted octanol–water partition coefficient (Wildman–Crippen LogP) is 3.48. The lowest BCUT2D eigenvalue weighted by atomic mass is 10.3. The number of thiazole rings is 1. The fourth-order valence-corrected chi connectivity index (χ4v) is 3.12. The lowest BCUT2D eigenvalue weighted by Crippen LogP contribution is -2.23. The number of urea groups is 1. The van der Waals surface area contributed by atoms with Gasteiger partial charge in [-0.05, 0) is 31.3 Å². The zero-order valence-corrected chi connectivity index (χ0v) is 16.0. The van der Waals surface area contributed by atoms with Crippen LogP contribution in [0.4, 0.5) is 16.4 Å².